The highest BCUT2D eigenvalue weighted by atomic mass is 79.9. The lowest BCUT2D eigenvalue weighted by Gasteiger charge is -2.18. The van der Waals surface area contributed by atoms with E-state index in [-0.39, 0.29) is 11.9 Å². The van der Waals surface area contributed by atoms with Crippen molar-refractivity contribution in [2.45, 2.75) is 19.4 Å². The zero-order valence-electron chi connectivity index (χ0n) is 10.7. The van der Waals surface area contributed by atoms with Gasteiger partial charge in [0.05, 0.1) is 7.57 Å². The third kappa shape index (κ3) is 4.04. The second-order valence-electron chi connectivity index (χ2n) is 4.33. The van der Waals surface area contributed by atoms with Crippen LogP contribution in [0.15, 0.2) is 31.8 Å². The normalized spacial score (nSPS) is 12.7. The van der Waals surface area contributed by atoms with Gasteiger partial charge in [-0.2, -0.15) is 0 Å². The maximum absolute atomic E-state index is 13.1. The molecule has 0 aliphatic heterocycles. The number of likely N-dealkylation sites (N-methyl/N-ethyl adjacent to an activating group) is 1. The van der Waals surface area contributed by atoms with Crippen LogP contribution in [-0.2, 0) is 6.42 Å². The maximum Gasteiger partial charge on any atom is 0.124 e. The van der Waals surface area contributed by atoms with Gasteiger partial charge in [0.2, 0.25) is 0 Å². The second-order valence-corrected chi connectivity index (χ2v) is 8.49. The third-order valence-electron chi connectivity index (χ3n) is 2.95. The van der Waals surface area contributed by atoms with Gasteiger partial charge >= 0.3 is 0 Å². The van der Waals surface area contributed by atoms with Gasteiger partial charge in [-0.05, 0) is 74.2 Å². The molecule has 1 unspecified atom stereocenters. The topological polar surface area (TPSA) is 12.0 Å². The molecule has 0 spiro atoms. The van der Waals surface area contributed by atoms with Crippen molar-refractivity contribution in [2.75, 3.05) is 6.54 Å². The molecule has 1 aromatic heterocycles. The van der Waals surface area contributed by atoms with Crippen LogP contribution in [0, 0.1) is 5.82 Å². The van der Waals surface area contributed by atoms with E-state index in [2.05, 4.69) is 50.2 Å². The van der Waals surface area contributed by atoms with E-state index in [0.29, 0.717) is 11.4 Å². The van der Waals surface area contributed by atoms with Crippen molar-refractivity contribution in [1.29, 1.82) is 0 Å². The number of rotatable bonds is 5. The summed E-state index contributed by atoms with van der Waals surface area (Å²) in [7, 11) is 0. The first-order valence-electron chi connectivity index (χ1n) is 6.13. The minimum Gasteiger partial charge on any atom is -0.310 e. The average Bonchev–Trinajstić information content (AvgIpc) is 2.71. The van der Waals surface area contributed by atoms with Gasteiger partial charge in [-0.15, -0.1) is 11.3 Å². The zero-order valence-corrected chi connectivity index (χ0v) is 15.5. The summed E-state index contributed by atoms with van der Waals surface area (Å²) in [4.78, 5) is 0. The maximum atomic E-state index is 13.1. The largest absolute Gasteiger partial charge is 0.310 e. The number of hydrogen-bond donors (Lipinski definition) is 1. The van der Waals surface area contributed by atoms with Gasteiger partial charge in [-0.25, -0.2) is 4.39 Å². The van der Waals surface area contributed by atoms with Gasteiger partial charge in [-0.1, -0.05) is 24.6 Å². The first-order chi connectivity index (χ1) is 9.51. The van der Waals surface area contributed by atoms with Gasteiger partial charge in [0.15, 0.2) is 0 Å². The Morgan fingerprint density at radius 2 is 2.10 bits per heavy atom. The fourth-order valence-electron chi connectivity index (χ4n) is 2.04. The fraction of sp³-hybridized carbons (Fsp3) is 0.286. The van der Waals surface area contributed by atoms with Crippen LogP contribution in [0.1, 0.15) is 24.1 Å². The van der Waals surface area contributed by atoms with Gasteiger partial charge in [-0.3, -0.25) is 0 Å². The molecule has 0 fully saturated rings. The van der Waals surface area contributed by atoms with E-state index in [9.17, 15) is 4.39 Å². The van der Waals surface area contributed by atoms with Crippen LogP contribution in [0.25, 0.3) is 0 Å². The Bertz CT molecular complexity index is 603. The van der Waals surface area contributed by atoms with Crippen molar-refractivity contribution in [3.05, 3.63) is 53.8 Å². The molecular weight excluding hydrogens is 428 g/mol. The Kier molecular flexibility index (Phi) is 6.05. The Hall–Kier alpha value is 0.0600. The quantitative estimate of drug-likeness (QED) is 0.604. The Balaban J connectivity index is 2.27. The Morgan fingerprint density at radius 3 is 2.65 bits per heavy atom. The highest BCUT2D eigenvalue weighted by molar-refractivity contribution is 9.12. The molecular formula is C14H13Br2ClFNS. The van der Waals surface area contributed by atoms with E-state index < -0.39 is 0 Å². The minimum absolute atomic E-state index is 0.139. The molecule has 0 aliphatic carbocycles. The van der Waals surface area contributed by atoms with Crippen LogP contribution in [0.2, 0.25) is 5.02 Å². The van der Waals surface area contributed by atoms with E-state index in [1.165, 1.54) is 17.7 Å². The second kappa shape index (κ2) is 7.36. The molecule has 1 N–H and O–H groups in total. The molecule has 1 heterocycles. The number of nitrogens with one attached hydrogen (secondary N) is 1. The summed E-state index contributed by atoms with van der Waals surface area (Å²) in [5, 5.41) is 3.92. The highest BCUT2D eigenvalue weighted by Gasteiger charge is 2.18. The Labute approximate surface area is 143 Å². The molecule has 6 heteroatoms. The van der Waals surface area contributed by atoms with Crippen molar-refractivity contribution in [1.82, 2.24) is 5.32 Å². The average molecular weight is 442 g/mol. The van der Waals surface area contributed by atoms with Gasteiger partial charge in [0.25, 0.3) is 0 Å². The number of hydrogen-bond acceptors (Lipinski definition) is 2. The summed E-state index contributed by atoms with van der Waals surface area (Å²) >= 11 is 14.8. The minimum atomic E-state index is -0.307. The van der Waals surface area contributed by atoms with E-state index in [0.717, 1.165) is 19.7 Å². The van der Waals surface area contributed by atoms with Crippen molar-refractivity contribution in [3.8, 4) is 0 Å². The standard InChI is InChI=1S/C14H13Br2ClFNS/c1-2-19-12(10-7-13(15)20-14(10)16)5-8-3-4-9(18)6-11(8)17/h3-4,6-7,12,19H,2,5H2,1H3. The SMILES string of the molecule is CCNC(Cc1ccc(F)cc1Cl)c1cc(Br)sc1Br. The molecule has 20 heavy (non-hydrogen) atoms. The lowest BCUT2D eigenvalue weighted by Crippen LogP contribution is -2.23. The van der Waals surface area contributed by atoms with Crippen LogP contribution < -0.4 is 5.32 Å². The highest BCUT2D eigenvalue weighted by Crippen LogP contribution is 2.37. The molecule has 1 atom stereocenters. The molecule has 1 nitrogen and oxygen atoms in total. The number of benzene rings is 1. The van der Waals surface area contributed by atoms with Crippen LogP contribution in [0.5, 0.6) is 0 Å². The van der Waals surface area contributed by atoms with Crippen molar-refractivity contribution >= 4 is 54.8 Å². The first kappa shape index (κ1) is 16.4. The predicted octanol–water partition coefficient (Wildman–Crippen LogP) is 5.96. The van der Waals surface area contributed by atoms with Crippen LogP contribution in [-0.4, -0.2) is 6.54 Å². The molecule has 0 saturated heterocycles. The Morgan fingerprint density at radius 1 is 1.35 bits per heavy atom. The lowest BCUT2D eigenvalue weighted by atomic mass is 10.0. The molecule has 1 aromatic carbocycles. The lowest BCUT2D eigenvalue weighted by molar-refractivity contribution is 0.548. The molecule has 0 bridgehead atoms. The zero-order chi connectivity index (χ0) is 14.7. The number of thiophene rings is 1. The predicted molar refractivity (Wildman–Crippen MR) is 91.3 cm³/mol. The summed E-state index contributed by atoms with van der Waals surface area (Å²) in [6.07, 6.45) is 0.717. The summed E-state index contributed by atoms with van der Waals surface area (Å²) in [5.74, 6) is -0.307. The summed E-state index contributed by atoms with van der Waals surface area (Å²) < 4.78 is 15.3. The van der Waals surface area contributed by atoms with E-state index >= 15 is 0 Å². The van der Waals surface area contributed by atoms with E-state index in [4.69, 9.17) is 11.6 Å². The molecule has 0 radical (unpaired) electrons. The molecule has 2 rings (SSSR count). The van der Waals surface area contributed by atoms with Gasteiger partial charge in [0.1, 0.15) is 5.82 Å². The first-order valence-corrected chi connectivity index (χ1v) is 8.91. The van der Waals surface area contributed by atoms with Gasteiger partial charge in [0, 0.05) is 11.1 Å². The van der Waals surface area contributed by atoms with Crippen molar-refractivity contribution in [3.63, 3.8) is 0 Å². The smallest absolute Gasteiger partial charge is 0.124 e. The van der Waals surface area contributed by atoms with Crippen LogP contribution in [0.3, 0.4) is 0 Å². The monoisotopic (exact) mass is 439 g/mol. The third-order valence-corrected chi connectivity index (χ3v) is 5.69. The van der Waals surface area contributed by atoms with Crippen LogP contribution >= 0.6 is 54.8 Å². The van der Waals surface area contributed by atoms with Gasteiger partial charge < -0.3 is 5.32 Å². The molecule has 0 saturated carbocycles. The molecule has 2 aromatic rings. The molecule has 108 valence electrons. The molecule has 0 aliphatic rings. The number of halogens is 4. The summed E-state index contributed by atoms with van der Waals surface area (Å²) in [6.45, 7) is 2.91. The van der Waals surface area contributed by atoms with Crippen molar-refractivity contribution in [2.24, 2.45) is 0 Å². The molecule has 0 amide bonds. The summed E-state index contributed by atoms with van der Waals surface area (Å²) in [5.41, 5.74) is 2.12. The van der Waals surface area contributed by atoms with E-state index in [1.54, 1.807) is 17.4 Å². The van der Waals surface area contributed by atoms with E-state index in [1.807, 2.05) is 0 Å². The van der Waals surface area contributed by atoms with Crippen LogP contribution in [0.4, 0.5) is 4.39 Å². The summed E-state index contributed by atoms with van der Waals surface area (Å²) in [6, 6.07) is 6.79. The fourth-order valence-corrected chi connectivity index (χ4v) is 5.25. The van der Waals surface area contributed by atoms with Crippen molar-refractivity contribution < 1.29 is 4.39 Å².